The Hall–Kier alpha value is -0.830. The maximum atomic E-state index is 5.88. The minimum absolute atomic E-state index is 0.524. The number of hydrogen-bond acceptors (Lipinski definition) is 2. The van der Waals surface area contributed by atoms with Gasteiger partial charge in [0, 0.05) is 25.2 Å². The summed E-state index contributed by atoms with van der Waals surface area (Å²) in [7, 11) is 1.72. The van der Waals surface area contributed by atoms with E-state index in [0.29, 0.717) is 5.92 Å². The van der Waals surface area contributed by atoms with Crippen LogP contribution in [0.15, 0.2) is 29.8 Å². The third-order valence-corrected chi connectivity index (χ3v) is 3.03. The molecule has 0 radical (unpaired) electrons. The number of ether oxygens (including phenoxy) is 1. The van der Waals surface area contributed by atoms with Gasteiger partial charge in [-0.2, -0.15) is 0 Å². The Morgan fingerprint density at radius 1 is 1.33 bits per heavy atom. The van der Waals surface area contributed by atoms with Gasteiger partial charge in [-0.3, -0.25) is 0 Å². The minimum Gasteiger partial charge on any atom is -0.383 e. The topological polar surface area (TPSA) is 21.3 Å². The average Bonchev–Trinajstić information content (AvgIpc) is 2.35. The van der Waals surface area contributed by atoms with E-state index in [4.69, 9.17) is 16.3 Å². The second kappa shape index (κ2) is 8.30. The van der Waals surface area contributed by atoms with E-state index in [1.807, 2.05) is 24.3 Å². The number of methoxy groups -OCH3 is 1. The van der Waals surface area contributed by atoms with Gasteiger partial charge in [0.15, 0.2) is 0 Å². The first-order chi connectivity index (χ1) is 8.63. The lowest BCUT2D eigenvalue weighted by Crippen LogP contribution is -2.23. The van der Waals surface area contributed by atoms with Crippen LogP contribution in [0.3, 0.4) is 0 Å². The van der Waals surface area contributed by atoms with Gasteiger partial charge >= 0.3 is 0 Å². The van der Waals surface area contributed by atoms with Crippen LogP contribution in [0.2, 0.25) is 5.02 Å². The molecule has 0 atom stereocenters. The minimum atomic E-state index is 0.524. The Balaban J connectivity index is 2.63. The lowest BCUT2D eigenvalue weighted by molar-refractivity contribution is 0.200. The van der Waals surface area contributed by atoms with Gasteiger partial charge in [-0.05, 0) is 23.6 Å². The van der Waals surface area contributed by atoms with E-state index in [2.05, 4.69) is 25.2 Å². The summed E-state index contributed by atoms with van der Waals surface area (Å²) >= 11 is 5.88. The molecule has 1 N–H and O–H groups in total. The fourth-order valence-electron chi connectivity index (χ4n) is 1.60. The molecule has 3 heteroatoms. The van der Waals surface area contributed by atoms with E-state index < -0.39 is 0 Å². The fraction of sp³-hybridized carbons (Fsp3) is 0.467. The average molecular weight is 268 g/mol. The molecule has 0 bridgehead atoms. The van der Waals surface area contributed by atoms with Crippen molar-refractivity contribution >= 4 is 17.7 Å². The maximum absolute atomic E-state index is 5.88. The van der Waals surface area contributed by atoms with Crippen LogP contribution in [0.4, 0.5) is 0 Å². The molecule has 18 heavy (non-hydrogen) atoms. The molecule has 0 saturated carbocycles. The monoisotopic (exact) mass is 267 g/mol. The Labute approximate surface area is 115 Å². The molecule has 0 saturated heterocycles. The second-order valence-electron chi connectivity index (χ2n) is 4.60. The number of hydrogen-bond donors (Lipinski definition) is 1. The summed E-state index contributed by atoms with van der Waals surface area (Å²) in [4.78, 5) is 0. The number of halogens is 1. The van der Waals surface area contributed by atoms with Gasteiger partial charge < -0.3 is 10.1 Å². The van der Waals surface area contributed by atoms with Gasteiger partial charge in [0.25, 0.3) is 0 Å². The zero-order chi connectivity index (χ0) is 13.4. The molecule has 0 fully saturated rings. The molecule has 0 heterocycles. The summed E-state index contributed by atoms with van der Waals surface area (Å²) in [5.74, 6) is 0.524. The van der Waals surface area contributed by atoms with Crippen molar-refractivity contribution in [2.24, 2.45) is 5.92 Å². The summed E-state index contributed by atoms with van der Waals surface area (Å²) in [6, 6.07) is 7.92. The predicted octanol–water partition coefficient (Wildman–Crippen LogP) is 3.62. The summed E-state index contributed by atoms with van der Waals surface area (Å²) in [6.45, 7) is 6.93. The van der Waals surface area contributed by atoms with Gasteiger partial charge in [0.1, 0.15) is 0 Å². The van der Waals surface area contributed by atoms with E-state index in [1.165, 1.54) is 11.1 Å². The normalized spacial score (nSPS) is 12.2. The van der Waals surface area contributed by atoms with Crippen LogP contribution in [-0.4, -0.2) is 26.8 Å². The molecule has 0 aliphatic carbocycles. The highest BCUT2D eigenvalue weighted by atomic mass is 35.5. The largest absolute Gasteiger partial charge is 0.383 e. The second-order valence-corrected chi connectivity index (χ2v) is 5.03. The van der Waals surface area contributed by atoms with Crippen molar-refractivity contribution < 1.29 is 4.74 Å². The molecule has 0 aromatic heterocycles. The highest BCUT2D eigenvalue weighted by Gasteiger charge is 2.03. The summed E-state index contributed by atoms with van der Waals surface area (Å²) < 4.78 is 5.02. The Kier molecular flexibility index (Phi) is 7.02. The Bertz CT molecular complexity index is 371. The lowest BCUT2D eigenvalue weighted by atomic mass is 10.0. The maximum Gasteiger partial charge on any atom is 0.0587 e. The fourth-order valence-corrected chi connectivity index (χ4v) is 1.73. The van der Waals surface area contributed by atoms with E-state index in [-0.39, 0.29) is 0 Å². The highest BCUT2D eigenvalue weighted by molar-refractivity contribution is 6.30. The van der Waals surface area contributed by atoms with Gasteiger partial charge in [0.2, 0.25) is 0 Å². The van der Waals surface area contributed by atoms with Crippen molar-refractivity contribution in [3.63, 3.8) is 0 Å². The van der Waals surface area contributed by atoms with Crippen LogP contribution in [-0.2, 0) is 4.74 Å². The molecule has 0 amide bonds. The number of nitrogens with one attached hydrogen (secondary N) is 1. The molecule has 0 aliphatic rings. The molecule has 0 unspecified atom stereocenters. The SMILES string of the molecule is COCCNCC(=Cc1ccc(Cl)cc1)C(C)C. The molecule has 1 aromatic rings. The van der Waals surface area contributed by atoms with Gasteiger partial charge in [0.05, 0.1) is 6.61 Å². The third-order valence-electron chi connectivity index (χ3n) is 2.78. The lowest BCUT2D eigenvalue weighted by Gasteiger charge is -2.13. The number of rotatable bonds is 7. The first kappa shape index (κ1) is 15.2. The van der Waals surface area contributed by atoms with Crippen LogP contribution in [0.1, 0.15) is 19.4 Å². The molecule has 100 valence electrons. The molecule has 0 aliphatic heterocycles. The molecular formula is C15H22ClNO. The van der Waals surface area contributed by atoms with E-state index in [9.17, 15) is 0 Å². The standard InChI is InChI=1S/C15H22ClNO/c1-12(2)14(11-17-8-9-18-3)10-13-4-6-15(16)7-5-13/h4-7,10,12,17H,8-9,11H2,1-3H3. The van der Waals surface area contributed by atoms with Crippen molar-refractivity contribution in [1.82, 2.24) is 5.32 Å². The van der Waals surface area contributed by atoms with Crippen molar-refractivity contribution in [3.05, 3.63) is 40.4 Å². The van der Waals surface area contributed by atoms with E-state index in [1.54, 1.807) is 7.11 Å². The smallest absolute Gasteiger partial charge is 0.0587 e. The first-order valence-electron chi connectivity index (χ1n) is 6.29. The van der Waals surface area contributed by atoms with Crippen molar-refractivity contribution in [2.45, 2.75) is 13.8 Å². The summed E-state index contributed by atoms with van der Waals surface area (Å²) in [5, 5.41) is 4.15. The van der Waals surface area contributed by atoms with E-state index >= 15 is 0 Å². The van der Waals surface area contributed by atoms with E-state index in [0.717, 1.165) is 24.7 Å². The van der Waals surface area contributed by atoms with Crippen LogP contribution in [0.5, 0.6) is 0 Å². The van der Waals surface area contributed by atoms with Crippen molar-refractivity contribution in [2.75, 3.05) is 26.8 Å². The molecule has 2 nitrogen and oxygen atoms in total. The quantitative estimate of drug-likeness (QED) is 0.762. The molecule has 0 spiro atoms. The summed E-state index contributed by atoms with van der Waals surface area (Å²) in [6.07, 6.45) is 2.22. The van der Waals surface area contributed by atoms with Gasteiger partial charge in [-0.1, -0.05) is 49.2 Å². The molecular weight excluding hydrogens is 246 g/mol. The third kappa shape index (κ3) is 5.67. The Morgan fingerprint density at radius 3 is 2.56 bits per heavy atom. The molecule has 1 aromatic carbocycles. The first-order valence-corrected chi connectivity index (χ1v) is 6.67. The van der Waals surface area contributed by atoms with Crippen LogP contribution < -0.4 is 5.32 Å². The zero-order valence-electron chi connectivity index (χ0n) is 11.4. The van der Waals surface area contributed by atoms with Crippen LogP contribution in [0.25, 0.3) is 6.08 Å². The summed E-state index contributed by atoms with van der Waals surface area (Å²) in [5.41, 5.74) is 2.57. The number of benzene rings is 1. The Morgan fingerprint density at radius 2 is 2.00 bits per heavy atom. The van der Waals surface area contributed by atoms with Gasteiger partial charge in [-0.25, -0.2) is 0 Å². The van der Waals surface area contributed by atoms with Crippen molar-refractivity contribution in [1.29, 1.82) is 0 Å². The van der Waals surface area contributed by atoms with Crippen molar-refractivity contribution in [3.8, 4) is 0 Å². The zero-order valence-corrected chi connectivity index (χ0v) is 12.1. The predicted molar refractivity (Wildman–Crippen MR) is 79.0 cm³/mol. The van der Waals surface area contributed by atoms with Crippen LogP contribution >= 0.6 is 11.6 Å². The molecule has 1 rings (SSSR count). The van der Waals surface area contributed by atoms with Crippen LogP contribution in [0, 0.1) is 5.92 Å². The van der Waals surface area contributed by atoms with Gasteiger partial charge in [-0.15, -0.1) is 0 Å². The highest BCUT2D eigenvalue weighted by Crippen LogP contribution is 2.16.